The van der Waals surface area contributed by atoms with Crippen LogP contribution in [0.1, 0.15) is 11.1 Å². The molecule has 0 bridgehead atoms. The number of amides is 2. The summed E-state index contributed by atoms with van der Waals surface area (Å²) in [6, 6.07) is 18.5. The van der Waals surface area contributed by atoms with Gasteiger partial charge in [0.05, 0.1) is 7.11 Å². The smallest absolute Gasteiger partial charge is 0.394 e. The number of hydrogen-bond donors (Lipinski definition) is 2. The second-order valence-electron chi connectivity index (χ2n) is 8.60. The Morgan fingerprint density at radius 3 is 1.48 bits per heavy atom. The molecule has 3 aromatic rings. The van der Waals surface area contributed by atoms with Crippen LogP contribution in [-0.4, -0.2) is 67.9 Å². The van der Waals surface area contributed by atoms with Crippen molar-refractivity contribution in [3.8, 4) is 5.75 Å². The molecule has 40 heavy (non-hydrogen) atoms. The monoisotopic (exact) mass is 569 g/mol. The Kier molecular flexibility index (Phi) is 9.24. The number of sulfonamides is 1. The minimum Gasteiger partial charge on any atom is -0.495 e. The van der Waals surface area contributed by atoms with Gasteiger partial charge < -0.3 is 24.7 Å². The quantitative estimate of drug-likeness (QED) is 0.368. The van der Waals surface area contributed by atoms with E-state index in [9.17, 15) is 27.6 Å². The van der Waals surface area contributed by atoms with E-state index in [1.807, 2.05) is 0 Å². The van der Waals surface area contributed by atoms with Gasteiger partial charge >= 0.3 is 23.8 Å². The van der Waals surface area contributed by atoms with Gasteiger partial charge in [0.2, 0.25) is 10.0 Å². The van der Waals surface area contributed by atoms with Crippen molar-refractivity contribution in [3.05, 3.63) is 83.9 Å². The first-order chi connectivity index (χ1) is 18.9. The topological polar surface area (TPSA) is 162 Å². The zero-order valence-electron chi connectivity index (χ0n) is 21.8. The molecule has 3 rings (SSSR count). The van der Waals surface area contributed by atoms with E-state index < -0.39 is 33.8 Å². The van der Waals surface area contributed by atoms with Gasteiger partial charge in [0.1, 0.15) is 10.6 Å². The highest BCUT2D eigenvalue weighted by Crippen LogP contribution is 2.29. The molecule has 0 unspecified atom stereocenters. The Bertz CT molecular complexity index is 1440. The lowest BCUT2D eigenvalue weighted by molar-refractivity contribution is -0.148. The third-order valence-corrected chi connectivity index (χ3v) is 7.86. The van der Waals surface area contributed by atoms with Crippen molar-refractivity contribution in [1.82, 2.24) is 4.31 Å². The number of para-hydroxylation sites is 1. The first-order valence-corrected chi connectivity index (χ1v) is 13.1. The number of carbonyl (C=O) groups excluding carboxylic acids is 2. The second-order valence-corrected chi connectivity index (χ2v) is 10.5. The maximum Gasteiger partial charge on any atom is 0.394 e. The number of ether oxygens (including phenoxy) is 1. The van der Waals surface area contributed by atoms with Gasteiger partial charge in [-0.25, -0.2) is 18.0 Å². The largest absolute Gasteiger partial charge is 0.495 e. The highest BCUT2D eigenvalue weighted by Gasteiger charge is 2.28. The van der Waals surface area contributed by atoms with Crippen LogP contribution in [0.5, 0.6) is 5.75 Å². The molecule has 3 aromatic carbocycles. The lowest BCUT2D eigenvalue weighted by atomic mass is 10.1. The summed E-state index contributed by atoms with van der Waals surface area (Å²) >= 11 is 0. The number of carbonyl (C=O) groups is 4. The molecule has 0 aliphatic heterocycles. The lowest BCUT2D eigenvalue weighted by Gasteiger charge is -2.24. The van der Waals surface area contributed by atoms with Crippen LogP contribution in [0.3, 0.4) is 0 Å². The van der Waals surface area contributed by atoms with Gasteiger partial charge in [-0.15, -0.1) is 0 Å². The molecule has 13 heteroatoms. The number of hydrogen-bond acceptors (Lipinski definition) is 7. The van der Waals surface area contributed by atoms with E-state index in [1.54, 1.807) is 36.4 Å². The number of anilines is 2. The van der Waals surface area contributed by atoms with Crippen molar-refractivity contribution < 1.29 is 42.5 Å². The number of rotatable bonds is 9. The van der Waals surface area contributed by atoms with Gasteiger partial charge in [0, 0.05) is 38.6 Å². The molecular weight excluding hydrogens is 542 g/mol. The summed E-state index contributed by atoms with van der Waals surface area (Å²) in [5.41, 5.74) is 1.74. The molecule has 0 radical (unpaired) electrons. The molecule has 210 valence electrons. The van der Waals surface area contributed by atoms with E-state index in [1.165, 1.54) is 61.9 Å². The zero-order chi connectivity index (χ0) is 29.6. The van der Waals surface area contributed by atoms with Gasteiger partial charge in [-0.05, 0) is 47.5 Å². The van der Waals surface area contributed by atoms with Crippen LogP contribution in [0.25, 0.3) is 0 Å². The van der Waals surface area contributed by atoms with Crippen molar-refractivity contribution in [2.45, 2.75) is 18.0 Å². The molecule has 0 atom stereocenters. The molecule has 12 nitrogen and oxygen atoms in total. The minimum atomic E-state index is -4.12. The minimum absolute atomic E-state index is 0.0516. The summed E-state index contributed by atoms with van der Waals surface area (Å²) in [4.78, 5) is 47.4. The zero-order valence-corrected chi connectivity index (χ0v) is 22.7. The third-order valence-electron chi connectivity index (χ3n) is 6.03. The average molecular weight is 570 g/mol. The maximum atomic E-state index is 13.8. The fourth-order valence-electron chi connectivity index (χ4n) is 3.78. The Morgan fingerprint density at radius 2 is 1.10 bits per heavy atom. The van der Waals surface area contributed by atoms with Crippen LogP contribution in [0.2, 0.25) is 0 Å². The van der Waals surface area contributed by atoms with Crippen LogP contribution in [-0.2, 0) is 42.3 Å². The number of carboxylic acid groups (broad SMARTS) is 2. The molecule has 0 aromatic heterocycles. The molecule has 0 aliphatic carbocycles. The fourth-order valence-corrected chi connectivity index (χ4v) is 5.35. The summed E-state index contributed by atoms with van der Waals surface area (Å²) in [5.74, 6) is -5.30. The molecule has 0 saturated heterocycles. The molecule has 0 aliphatic rings. The van der Waals surface area contributed by atoms with E-state index in [-0.39, 0.29) is 23.7 Å². The fraction of sp³-hybridized carbons (Fsp3) is 0.185. The number of likely N-dealkylation sites (N-methyl/N-ethyl adjacent to an activating group) is 2. The summed E-state index contributed by atoms with van der Waals surface area (Å²) in [6.45, 7) is -0.174. The normalized spacial score (nSPS) is 11.1. The number of aliphatic carboxylic acids is 2. The average Bonchev–Trinajstić information content (AvgIpc) is 2.95. The van der Waals surface area contributed by atoms with Crippen molar-refractivity contribution in [1.29, 1.82) is 0 Å². The van der Waals surface area contributed by atoms with Crippen LogP contribution in [0, 0.1) is 0 Å². The Balaban J connectivity index is 1.95. The van der Waals surface area contributed by atoms with Gasteiger partial charge in [-0.3, -0.25) is 9.59 Å². The molecule has 0 heterocycles. The molecule has 2 amide bonds. The van der Waals surface area contributed by atoms with Crippen LogP contribution >= 0.6 is 0 Å². The highest BCUT2D eigenvalue weighted by atomic mass is 32.2. The number of carboxylic acids is 2. The molecule has 2 N–H and O–H groups in total. The summed E-state index contributed by atoms with van der Waals surface area (Å²) in [5, 5.41) is 17.9. The van der Waals surface area contributed by atoms with E-state index in [4.69, 9.17) is 14.9 Å². The van der Waals surface area contributed by atoms with E-state index >= 15 is 0 Å². The highest BCUT2D eigenvalue weighted by molar-refractivity contribution is 7.89. The van der Waals surface area contributed by atoms with Crippen molar-refractivity contribution >= 4 is 45.2 Å². The predicted octanol–water partition coefficient (Wildman–Crippen LogP) is 2.18. The first-order valence-electron chi connectivity index (χ1n) is 11.7. The Hall–Kier alpha value is -4.75. The summed E-state index contributed by atoms with van der Waals surface area (Å²) in [6.07, 6.45) is 0. The van der Waals surface area contributed by atoms with E-state index in [0.29, 0.717) is 22.5 Å². The van der Waals surface area contributed by atoms with Gasteiger partial charge in [-0.1, -0.05) is 36.4 Å². The van der Waals surface area contributed by atoms with E-state index in [2.05, 4.69) is 0 Å². The van der Waals surface area contributed by atoms with Crippen LogP contribution in [0.15, 0.2) is 77.7 Å². The molecular formula is C27H27N3O9S. The Morgan fingerprint density at radius 1 is 0.700 bits per heavy atom. The Labute approximate surface area is 230 Å². The van der Waals surface area contributed by atoms with Crippen molar-refractivity contribution in [3.63, 3.8) is 0 Å². The summed E-state index contributed by atoms with van der Waals surface area (Å²) in [7, 11) is -0.129. The molecule has 0 spiro atoms. The SMILES string of the molecule is COc1ccccc1S(=O)(=O)N(Cc1ccc(N(C)C(=O)C(=O)O)cc1)Cc1ccc(N(C)C(=O)C(=O)O)cc1. The lowest BCUT2D eigenvalue weighted by Crippen LogP contribution is -2.33. The van der Waals surface area contributed by atoms with E-state index in [0.717, 1.165) is 9.80 Å². The number of benzene rings is 3. The standard InChI is InChI=1S/C27H27N3O9S/c1-28(24(31)26(33)34)20-12-8-18(9-13-20)16-30(40(37,38)23-7-5-4-6-22(23)39-3)17-19-10-14-21(15-11-19)29(2)25(32)27(35)36/h4-15H,16-17H2,1-3H3,(H,33,34)(H,35,36). The third kappa shape index (κ3) is 6.62. The molecule has 0 fully saturated rings. The van der Waals surface area contributed by atoms with Gasteiger partial charge in [0.25, 0.3) is 0 Å². The predicted molar refractivity (Wildman–Crippen MR) is 144 cm³/mol. The second kappa shape index (κ2) is 12.4. The first kappa shape index (κ1) is 29.8. The van der Waals surface area contributed by atoms with Crippen LogP contribution in [0.4, 0.5) is 11.4 Å². The van der Waals surface area contributed by atoms with Gasteiger partial charge in [-0.2, -0.15) is 4.31 Å². The van der Waals surface area contributed by atoms with Crippen LogP contribution < -0.4 is 14.5 Å². The maximum absolute atomic E-state index is 13.8. The van der Waals surface area contributed by atoms with Gasteiger partial charge in [0.15, 0.2) is 0 Å². The van der Waals surface area contributed by atoms with Crippen molar-refractivity contribution in [2.75, 3.05) is 31.0 Å². The number of methoxy groups -OCH3 is 1. The number of nitrogens with zero attached hydrogens (tertiary/aromatic N) is 3. The molecule has 0 saturated carbocycles. The summed E-state index contributed by atoms with van der Waals surface area (Å²) < 4.78 is 34.1. The van der Waals surface area contributed by atoms with Crippen molar-refractivity contribution in [2.24, 2.45) is 0 Å².